The van der Waals surface area contributed by atoms with Gasteiger partial charge in [-0.05, 0) is 13.8 Å². The third-order valence-corrected chi connectivity index (χ3v) is 2.06. The zero-order valence-electron chi connectivity index (χ0n) is 8.85. The van der Waals surface area contributed by atoms with Crippen LogP contribution in [0.15, 0.2) is 11.0 Å². The summed E-state index contributed by atoms with van der Waals surface area (Å²) in [6.07, 6.45) is 1.37. The van der Waals surface area contributed by atoms with Crippen molar-refractivity contribution in [3.63, 3.8) is 0 Å². The molecule has 0 bridgehead atoms. The highest BCUT2D eigenvalue weighted by Gasteiger charge is 2.19. The maximum atomic E-state index is 11.5. The number of fused-ring (bicyclic) bond motifs is 1. The molecule has 0 amide bonds. The van der Waals surface area contributed by atoms with Crippen LogP contribution in [-0.2, 0) is 5.60 Å². The summed E-state index contributed by atoms with van der Waals surface area (Å²) in [5.74, 6) is -0.0113. The molecule has 16 heavy (non-hydrogen) atoms. The maximum absolute atomic E-state index is 11.5. The van der Waals surface area contributed by atoms with Crippen LogP contribution in [0.4, 0.5) is 5.95 Å². The number of anilines is 1. The molecular formula is C9H11N5O2. The first kappa shape index (κ1) is 10.5. The first-order chi connectivity index (χ1) is 7.38. The third kappa shape index (κ3) is 1.72. The van der Waals surface area contributed by atoms with E-state index in [1.54, 1.807) is 13.8 Å². The van der Waals surface area contributed by atoms with Gasteiger partial charge in [0.25, 0.3) is 5.56 Å². The van der Waals surface area contributed by atoms with E-state index < -0.39 is 11.2 Å². The molecule has 0 unspecified atom stereocenters. The van der Waals surface area contributed by atoms with Crippen molar-refractivity contribution in [2.75, 3.05) is 5.73 Å². The lowest BCUT2D eigenvalue weighted by Crippen LogP contribution is -2.21. The van der Waals surface area contributed by atoms with Crippen molar-refractivity contribution in [2.45, 2.75) is 19.4 Å². The lowest BCUT2D eigenvalue weighted by Gasteiger charge is -2.15. The molecule has 2 rings (SSSR count). The number of nitrogens with two attached hydrogens (primary N) is 1. The molecule has 0 saturated carbocycles. The fourth-order valence-electron chi connectivity index (χ4n) is 1.23. The molecule has 0 aliphatic heterocycles. The molecule has 2 heterocycles. The molecule has 4 N–H and O–H groups in total. The third-order valence-electron chi connectivity index (χ3n) is 2.06. The summed E-state index contributed by atoms with van der Waals surface area (Å²) >= 11 is 0. The van der Waals surface area contributed by atoms with Gasteiger partial charge in [-0.2, -0.15) is 4.98 Å². The largest absolute Gasteiger partial charge is 0.384 e. The van der Waals surface area contributed by atoms with Crippen molar-refractivity contribution >= 4 is 17.1 Å². The Morgan fingerprint density at radius 2 is 2.12 bits per heavy atom. The molecule has 7 nitrogen and oxygen atoms in total. The number of aliphatic hydroxyl groups is 1. The van der Waals surface area contributed by atoms with Crippen LogP contribution in [0.1, 0.15) is 19.5 Å². The van der Waals surface area contributed by atoms with E-state index >= 15 is 0 Å². The van der Waals surface area contributed by atoms with Crippen LogP contribution in [0.25, 0.3) is 11.2 Å². The SMILES string of the molecule is CC(C)(O)c1cnc2nc(N)[nH]c(=O)c2n1. The van der Waals surface area contributed by atoms with Crippen LogP contribution in [0.3, 0.4) is 0 Å². The van der Waals surface area contributed by atoms with E-state index in [1.165, 1.54) is 6.20 Å². The van der Waals surface area contributed by atoms with Gasteiger partial charge in [-0.1, -0.05) is 0 Å². The highest BCUT2D eigenvalue weighted by Crippen LogP contribution is 2.17. The molecule has 0 saturated heterocycles. The predicted molar refractivity (Wildman–Crippen MR) is 57.6 cm³/mol. The quantitative estimate of drug-likeness (QED) is 0.598. The molecular weight excluding hydrogens is 210 g/mol. The Morgan fingerprint density at radius 3 is 2.75 bits per heavy atom. The number of aromatic nitrogens is 4. The van der Waals surface area contributed by atoms with E-state index in [0.29, 0.717) is 5.69 Å². The number of aromatic amines is 1. The molecule has 7 heteroatoms. The number of nitrogens with zero attached hydrogens (tertiary/aromatic N) is 3. The van der Waals surface area contributed by atoms with Gasteiger partial charge in [-0.25, -0.2) is 9.97 Å². The number of H-pyrrole nitrogens is 1. The average molecular weight is 221 g/mol. The summed E-state index contributed by atoms with van der Waals surface area (Å²) in [6, 6.07) is 0. The van der Waals surface area contributed by atoms with Gasteiger partial charge in [0, 0.05) is 0 Å². The van der Waals surface area contributed by atoms with Gasteiger partial charge in [-0.15, -0.1) is 0 Å². The van der Waals surface area contributed by atoms with E-state index in [-0.39, 0.29) is 17.1 Å². The molecule has 0 fully saturated rings. The molecule has 0 spiro atoms. The summed E-state index contributed by atoms with van der Waals surface area (Å²) in [5, 5.41) is 9.73. The molecule has 0 atom stereocenters. The van der Waals surface area contributed by atoms with Crippen LogP contribution < -0.4 is 11.3 Å². The van der Waals surface area contributed by atoms with Gasteiger partial charge >= 0.3 is 0 Å². The van der Waals surface area contributed by atoms with Crippen molar-refractivity contribution in [1.29, 1.82) is 0 Å². The standard InChI is InChI=1S/C9H11N5O2/c1-9(2,16)4-3-11-6-5(12-4)7(15)14-8(10)13-6/h3,16H,1-2H3,(H3,10,11,13,14,15). The van der Waals surface area contributed by atoms with Crippen LogP contribution in [0.5, 0.6) is 0 Å². The Balaban J connectivity index is 2.77. The molecule has 0 aliphatic rings. The molecule has 0 aromatic carbocycles. The van der Waals surface area contributed by atoms with Crippen molar-refractivity contribution in [3.8, 4) is 0 Å². The zero-order valence-corrected chi connectivity index (χ0v) is 8.85. The van der Waals surface area contributed by atoms with Crippen molar-refractivity contribution in [3.05, 3.63) is 22.2 Å². The first-order valence-corrected chi connectivity index (χ1v) is 4.63. The number of hydrogen-bond donors (Lipinski definition) is 3. The maximum Gasteiger partial charge on any atom is 0.280 e. The van der Waals surface area contributed by atoms with Crippen molar-refractivity contribution < 1.29 is 5.11 Å². The first-order valence-electron chi connectivity index (χ1n) is 4.63. The second kappa shape index (κ2) is 3.24. The number of nitrogens with one attached hydrogen (secondary N) is 1. The number of rotatable bonds is 1. The summed E-state index contributed by atoms with van der Waals surface area (Å²) in [7, 11) is 0. The number of nitrogen functional groups attached to an aromatic ring is 1. The minimum atomic E-state index is -1.16. The molecule has 0 aliphatic carbocycles. The molecule has 0 radical (unpaired) electrons. The Labute approximate surface area is 90.4 Å². The normalized spacial score (nSPS) is 11.9. The van der Waals surface area contributed by atoms with Crippen LogP contribution >= 0.6 is 0 Å². The van der Waals surface area contributed by atoms with Gasteiger partial charge in [0.1, 0.15) is 5.60 Å². The summed E-state index contributed by atoms with van der Waals surface area (Å²) in [6.45, 7) is 3.11. The molecule has 84 valence electrons. The second-order valence-electron chi connectivity index (χ2n) is 3.94. The Kier molecular flexibility index (Phi) is 2.13. The Bertz CT molecular complexity index is 599. The monoisotopic (exact) mass is 221 g/mol. The van der Waals surface area contributed by atoms with E-state index in [2.05, 4.69) is 19.9 Å². The van der Waals surface area contributed by atoms with E-state index in [1.807, 2.05) is 0 Å². The Morgan fingerprint density at radius 1 is 1.44 bits per heavy atom. The van der Waals surface area contributed by atoms with E-state index in [4.69, 9.17) is 5.73 Å². The van der Waals surface area contributed by atoms with E-state index in [9.17, 15) is 9.90 Å². The van der Waals surface area contributed by atoms with Crippen molar-refractivity contribution in [2.24, 2.45) is 0 Å². The van der Waals surface area contributed by atoms with Gasteiger partial charge in [0.15, 0.2) is 11.2 Å². The lowest BCUT2D eigenvalue weighted by atomic mass is 10.1. The highest BCUT2D eigenvalue weighted by atomic mass is 16.3. The highest BCUT2D eigenvalue weighted by molar-refractivity contribution is 5.69. The topological polar surface area (TPSA) is 118 Å². The van der Waals surface area contributed by atoms with Crippen molar-refractivity contribution in [1.82, 2.24) is 19.9 Å². The lowest BCUT2D eigenvalue weighted by molar-refractivity contribution is 0.0738. The van der Waals surface area contributed by atoms with E-state index in [0.717, 1.165) is 0 Å². The second-order valence-corrected chi connectivity index (χ2v) is 3.94. The fourth-order valence-corrected chi connectivity index (χ4v) is 1.23. The zero-order chi connectivity index (χ0) is 11.9. The van der Waals surface area contributed by atoms with Crippen LogP contribution in [-0.4, -0.2) is 25.0 Å². The predicted octanol–water partition coefficient (Wildman–Crippen LogP) is -0.477. The van der Waals surface area contributed by atoms with Gasteiger partial charge in [0.2, 0.25) is 5.95 Å². The summed E-state index contributed by atoms with van der Waals surface area (Å²) in [4.78, 5) is 25.6. The van der Waals surface area contributed by atoms with Gasteiger partial charge in [0.05, 0.1) is 11.9 Å². The Hall–Kier alpha value is -2.02. The van der Waals surface area contributed by atoms with Crippen LogP contribution in [0.2, 0.25) is 0 Å². The van der Waals surface area contributed by atoms with Crippen LogP contribution in [0, 0.1) is 0 Å². The minimum absolute atomic E-state index is 0.0113. The molecule has 2 aromatic heterocycles. The minimum Gasteiger partial charge on any atom is -0.384 e. The smallest absolute Gasteiger partial charge is 0.280 e. The molecule has 2 aromatic rings. The van der Waals surface area contributed by atoms with Gasteiger partial charge in [-0.3, -0.25) is 9.78 Å². The summed E-state index contributed by atoms with van der Waals surface area (Å²) in [5.41, 5.74) is 4.26. The average Bonchev–Trinajstić information content (AvgIpc) is 2.15. The fraction of sp³-hybridized carbons (Fsp3) is 0.333. The van der Waals surface area contributed by atoms with Gasteiger partial charge < -0.3 is 10.8 Å². The number of hydrogen-bond acceptors (Lipinski definition) is 6. The summed E-state index contributed by atoms with van der Waals surface area (Å²) < 4.78 is 0.